The number of aromatic nitrogens is 2. The number of carbonyl (C=O) groups excluding carboxylic acids is 1. The SMILES string of the molecule is Cc1ccncc1NC(=O)c1cc(Cl)nc(NN)c1. The average Bonchev–Trinajstić information content (AvgIpc) is 2.40. The molecule has 2 heterocycles. The first-order valence-corrected chi connectivity index (χ1v) is 5.84. The summed E-state index contributed by atoms with van der Waals surface area (Å²) in [5.74, 6) is 5.26. The van der Waals surface area contributed by atoms with E-state index in [9.17, 15) is 4.79 Å². The molecule has 0 aliphatic carbocycles. The van der Waals surface area contributed by atoms with Crippen molar-refractivity contribution in [3.05, 3.63) is 46.9 Å². The molecule has 2 aromatic heterocycles. The first-order valence-electron chi connectivity index (χ1n) is 5.46. The minimum absolute atomic E-state index is 0.184. The minimum Gasteiger partial charge on any atom is -0.320 e. The number of carbonyl (C=O) groups is 1. The van der Waals surface area contributed by atoms with Crippen molar-refractivity contribution in [2.75, 3.05) is 10.7 Å². The number of rotatable bonds is 3. The van der Waals surface area contributed by atoms with Crippen molar-refractivity contribution in [2.45, 2.75) is 6.92 Å². The van der Waals surface area contributed by atoms with Gasteiger partial charge in [0.2, 0.25) is 0 Å². The number of nitrogens with one attached hydrogen (secondary N) is 2. The number of hydrogen-bond donors (Lipinski definition) is 3. The van der Waals surface area contributed by atoms with Crippen molar-refractivity contribution in [3.63, 3.8) is 0 Å². The highest BCUT2D eigenvalue weighted by Gasteiger charge is 2.10. The maximum Gasteiger partial charge on any atom is 0.255 e. The van der Waals surface area contributed by atoms with E-state index in [1.807, 2.05) is 13.0 Å². The molecule has 0 aromatic carbocycles. The topological polar surface area (TPSA) is 92.9 Å². The molecular weight excluding hydrogens is 266 g/mol. The first-order chi connectivity index (χ1) is 9.10. The molecule has 6 nitrogen and oxygen atoms in total. The lowest BCUT2D eigenvalue weighted by molar-refractivity contribution is 0.102. The number of hydrazine groups is 1. The molecule has 1 amide bonds. The van der Waals surface area contributed by atoms with Gasteiger partial charge in [0.05, 0.1) is 11.9 Å². The van der Waals surface area contributed by atoms with E-state index in [0.717, 1.165) is 5.56 Å². The fourth-order valence-electron chi connectivity index (χ4n) is 1.49. The summed E-state index contributed by atoms with van der Waals surface area (Å²) in [6.45, 7) is 1.88. The van der Waals surface area contributed by atoms with Gasteiger partial charge in [-0.1, -0.05) is 11.6 Å². The maximum atomic E-state index is 12.1. The van der Waals surface area contributed by atoms with E-state index >= 15 is 0 Å². The molecule has 2 rings (SSSR count). The van der Waals surface area contributed by atoms with E-state index in [2.05, 4.69) is 20.7 Å². The van der Waals surface area contributed by atoms with Gasteiger partial charge in [0.1, 0.15) is 11.0 Å². The van der Waals surface area contributed by atoms with Crippen molar-refractivity contribution < 1.29 is 4.79 Å². The summed E-state index contributed by atoms with van der Waals surface area (Å²) >= 11 is 5.81. The molecule has 0 aliphatic heterocycles. The molecule has 19 heavy (non-hydrogen) atoms. The molecule has 7 heteroatoms. The van der Waals surface area contributed by atoms with Crippen LogP contribution in [-0.2, 0) is 0 Å². The van der Waals surface area contributed by atoms with Gasteiger partial charge >= 0.3 is 0 Å². The summed E-state index contributed by atoms with van der Waals surface area (Å²) in [7, 11) is 0. The molecule has 2 aromatic rings. The van der Waals surface area contributed by atoms with E-state index in [-0.39, 0.29) is 11.1 Å². The highest BCUT2D eigenvalue weighted by molar-refractivity contribution is 6.30. The number of halogens is 1. The molecule has 0 radical (unpaired) electrons. The number of anilines is 2. The van der Waals surface area contributed by atoms with Crippen LogP contribution in [0.25, 0.3) is 0 Å². The van der Waals surface area contributed by atoms with Gasteiger partial charge in [-0.15, -0.1) is 0 Å². The zero-order valence-electron chi connectivity index (χ0n) is 10.1. The third-order valence-electron chi connectivity index (χ3n) is 2.49. The van der Waals surface area contributed by atoms with Crippen LogP contribution >= 0.6 is 11.6 Å². The van der Waals surface area contributed by atoms with Crippen molar-refractivity contribution in [3.8, 4) is 0 Å². The predicted octanol–water partition coefficient (Wildman–Crippen LogP) is 1.98. The Morgan fingerprint density at radius 1 is 1.42 bits per heavy atom. The van der Waals surface area contributed by atoms with E-state index in [1.54, 1.807) is 12.4 Å². The Balaban J connectivity index is 2.25. The fourth-order valence-corrected chi connectivity index (χ4v) is 1.70. The number of aryl methyl sites for hydroxylation is 1. The summed E-state index contributed by atoms with van der Waals surface area (Å²) in [4.78, 5) is 19.9. The zero-order chi connectivity index (χ0) is 13.8. The third-order valence-corrected chi connectivity index (χ3v) is 2.69. The van der Waals surface area contributed by atoms with Gasteiger partial charge in [-0.25, -0.2) is 10.8 Å². The monoisotopic (exact) mass is 277 g/mol. The molecule has 0 saturated carbocycles. The lowest BCUT2D eigenvalue weighted by Crippen LogP contribution is -2.15. The Morgan fingerprint density at radius 2 is 2.21 bits per heavy atom. The number of pyridine rings is 2. The number of hydrogen-bond acceptors (Lipinski definition) is 5. The quantitative estimate of drug-likeness (QED) is 0.453. The number of nitrogens with two attached hydrogens (primary N) is 1. The maximum absolute atomic E-state index is 12.1. The van der Waals surface area contributed by atoms with E-state index < -0.39 is 0 Å². The van der Waals surface area contributed by atoms with Crippen molar-refractivity contribution in [1.82, 2.24) is 9.97 Å². The summed E-state index contributed by atoms with van der Waals surface area (Å²) < 4.78 is 0. The van der Waals surface area contributed by atoms with Crippen molar-refractivity contribution >= 4 is 29.0 Å². The first kappa shape index (κ1) is 13.3. The third kappa shape index (κ3) is 3.18. The summed E-state index contributed by atoms with van der Waals surface area (Å²) in [6, 6.07) is 4.78. The summed E-state index contributed by atoms with van der Waals surface area (Å²) in [6.07, 6.45) is 3.24. The number of nitrogen functional groups attached to an aromatic ring is 1. The highest BCUT2D eigenvalue weighted by Crippen LogP contribution is 2.17. The van der Waals surface area contributed by atoms with E-state index in [0.29, 0.717) is 17.1 Å². The Labute approximate surface area is 115 Å². The van der Waals surface area contributed by atoms with E-state index in [1.165, 1.54) is 12.1 Å². The van der Waals surface area contributed by atoms with Crippen LogP contribution in [0.5, 0.6) is 0 Å². The van der Waals surface area contributed by atoms with Gasteiger partial charge in [-0.2, -0.15) is 0 Å². The van der Waals surface area contributed by atoms with Gasteiger partial charge in [-0.05, 0) is 30.7 Å². The van der Waals surface area contributed by atoms with Gasteiger partial charge in [0.25, 0.3) is 5.91 Å². The molecule has 0 saturated heterocycles. The molecule has 98 valence electrons. The van der Waals surface area contributed by atoms with Crippen LogP contribution < -0.4 is 16.6 Å². The number of amides is 1. The second kappa shape index (κ2) is 5.64. The molecule has 0 fully saturated rings. The van der Waals surface area contributed by atoms with Crippen LogP contribution in [0.1, 0.15) is 15.9 Å². The van der Waals surface area contributed by atoms with Gasteiger partial charge in [0, 0.05) is 11.8 Å². The van der Waals surface area contributed by atoms with Gasteiger partial charge in [0.15, 0.2) is 0 Å². The summed E-state index contributed by atoms with van der Waals surface area (Å²) in [5, 5.41) is 2.93. The van der Waals surface area contributed by atoms with Gasteiger partial charge < -0.3 is 10.7 Å². The highest BCUT2D eigenvalue weighted by atomic mass is 35.5. The second-order valence-corrected chi connectivity index (χ2v) is 4.24. The van der Waals surface area contributed by atoms with Crippen LogP contribution in [0, 0.1) is 6.92 Å². The average molecular weight is 278 g/mol. The summed E-state index contributed by atoms with van der Waals surface area (Å²) in [5.41, 5.74) is 4.27. The van der Waals surface area contributed by atoms with Crippen LogP contribution in [0.4, 0.5) is 11.5 Å². The Morgan fingerprint density at radius 3 is 2.89 bits per heavy atom. The largest absolute Gasteiger partial charge is 0.320 e. The van der Waals surface area contributed by atoms with Crippen molar-refractivity contribution in [2.24, 2.45) is 5.84 Å². The standard InChI is InChI=1S/C12H12ClN5O/c1-7-2-3-15-6-9(7)16-12(19)8-4-10(13)17-11(5-8)18-14/h2-6H,14H2,1H3,(H,16,19)(H,17,18). The molecule has 0 spiro atoms. The molecule has 0 aliphatic rings. The molecule has 4 N–H and O–H groups in total. The van der Waals surface area contributed by atoms with E-state index in [4.69, 9.17) is 17.4 Å². The Kier molecular flexibility index (Phi) is 3.94. The predicted molar refractivity (Wildman–Crippen MR) is 74.0 cm³/mol. The van der Waals surface area contributed by atoms with Crippen LogP contribution in [0.15, 0.2) is 30.6 Å². The van der Waals surface area contributed by atoms with Crippen molar-refractivity contribution in [1.29, 1.82) is 0 Å². The van der Waals surface area contributed by atoms with Gasteiger partial charge in [-0.3, -0.25) is 9.78 Å². The zero-order valence-corrected chi connectivity index (χ0v) is 10.9. The normalized spacial score (nSPS) is 10.1. The lowest BCUT2D eigenvalue weighted by Gasteiger charge is -2.08. The van der Waals surface area contributed by atoms with Crippen LogP contribution in [0.3, 0.4) is 0 Å². The fraction of sp³-hybridized carbons (Fsp3) is 0.0833. The molecular formula is C12H12ClN5O. The molecule has 0 bridgehead atoms. The Hall–Kier alpha value is -2.18. The smallest absolute Gasteiger partial charge is 0.255 e. The van der Waals surface area contributed by atoms with Crippen LogP contribution in [-0.4, -0.2) is 15.9 Å². The molecule has 0 atom stereocenters. The second-order valence-electron chi connectivity index (χ2n) is 3.85. The van der Waals surface area contributed by atoms with Crippen LogP contribution in [0.2, 0.25) is 5.15 Å². The molecule has 0 unspecified atom stereocenters. The minimum atomic E-state index is -0.308. The number of nitrogens with zero attached hydrogens (tertiary/aromatic N) is 2. The Bertz CT molecular complexity index is 617. The lowest BCUT2D eigenvalue weighted by atomic mass is 10.2.